The van der Waals surface area contributed by atoms with Crippen LogP contribution < -0.4 is 11.2 Å². The quantitative estimate of drug-likeness (QED) is 0.892. The largest absolute Gasteiger partial charge is 0.328 e. The zero-order valence-electron chi connectivity index (χ0n) is 9.92. The summed E-state index contributed by atoms with van der Waals surface area (Å²) in [5.41, 5.74) is 0.413. The van der Waals surface area contributed by atoms with Crippen molar-refractivity contribution in [1.82, 2.24) is 14.5 Å². The summed E-state index contributed by atoms with van der Waals surface area (Å²) in [6.45, 7) is 0.573. The Balaban J connectivity index is 2.49. The second kappa shape index (κ2) is 5.68. The predicted molar refractivity (Wildman–Crippen MR) is 72.9 cm³/mol. The summed E-state index contributed by atoms with van der Waals surface area (Å²) in [7, 11) is 0. The number of rotatable bonds is 4. The highest BCUT2D eigenvalue weighted by atomic mass is 32.2. The fraction of sp³-hybridized carbons (Fsp3) is 0.250. The average molecular weight is 263 g/mol. The minimum atomic E-state index is -0.381. The van der Waals surface area contributed by atoms with E-state index in [0.29, 0.717) is 17.7 Å². The summed E-state index contributed by atoms with van der Waals surface area (Å²) in [4.78, 5) is 29.7. The summed E-state index contributed by atoms with van der Waals surface area (Å²) < 4.78 is 1.51. The summed E-state index contributed by atoms with van der Waals surface area (Å²) >= 11 is 1.65. The Hall–Kier alpha value is -1.82. The minimum absolute atomic E-state index is 0.373. The number of aryl methyl sites for hydroxylation is 1. The molecule has 0 unspecified atom stereocenters. The van der Waals surface area contributed by atoms with E-state index in [1.165, 1.54) is 4.57 Å². The van der Waals surface area contributed by atoms with Gasteiger partial charge in [0.1, 0.15) is 0 Å². The zero-order valence-corrected chi connectivity index (χ0v) is 10.7. The Bertz CT molecular complexity index is 634. The second-order valence-corrected chi connectivity index (χ2v) is 4.72. The van der Waals surface area contributed by atoms with Crippen LogP contribution in [0.5, 0.6) is 0 Å². The van der Waals surface area contributed by atoms with Gasteiger partial charge in [-0.2, -0.15) is 11.8 Å². The van der Waals surface area contributed by atoms with Crippen molar-refractivity contribution in [2.75, 3.05) is 12.0 Å². The Kier molecular flexibility index (Phi) is 3.99. The van der Waals surface area contributed by atoms with Crippen LogP contribution in [-0.2, 0) is 6.54 Å². The summed E-state index contributed by atoms with van der Waals surface area (Å²) in [5.74, 6) is 0.818. The van der Waals surface area contributed by atoms with Crippen molar-refractivity contribution in [2.45, 2.75) is 6.54 Å². The lowest BCUT2D eigenvalue weighted by atomic mass is 10.1. The van der Waals surface area contributed by atoms with Gasteiger partial charge < -0.3 is 0 Å². The normalized spacial score (nSPS) is 10.5. The van der Waals surface area contributed by atoms with Gasteiger partial charge >= 0.3 is 5.69 Å². The van der Waals surface area contributed by atoms with Gasteiger partial charge in [0.05, 0.1) is 5.56 Å². The molecule has 2 aromatic rings. The SMILES string of the molecule is CSCCn1cc(-c2cccnc2)c(=O)[nH]c1=O. The summed E-state index contributed by atoms with van der Waals surface area (Å²) in [6, 6.07) is 3.55. The highest BCUT2D eigenvalue weighted by Crippen LogP contribution is 2.11. The second-order valence-electron chi connectivity index (χ2n) is 3.73. The highest BCUT2D eigenvalue weighted by molar-refractivity contribution is 7.98. The number of hydrogen-bond donors (Lipinski definition) is 1. The molecule has 2 heterocycles. The van der Waals surface area contributed by atoms with Crippen LogP contribution in [0.4, 0.5) is 0 Å². The monoisotopic (exact) mass is 263 g/mol. The zero-order chi connectivity index (χ0) is 13.0. The molecule has 0 atom stereocenters. The van der Waals surface area contributed by atoms with Crippen molar-refractivity contribution in [3.63, 3.8) is 0 Å². The van der Waals surface area contributed by atoms with Crippen LogP contribution in [0.25, 0.3) is 11.1 Å². The van der Waals surface area contributed by atoms with E-state index in [1.807, 2.05) is 6.26 Å². The highest BCUT2D eigenvalue weighted by Gasteiger charge is 2.06. The first-order valence-corrected chi connectivity index (χ1v) is 6.85. The third-order valence-corrected chi connectivity index (χ3v) is 3.11. The molecule has 0 fully saturated rings. The number of aromatic nitrogens is 3. The van der Waals surface area contributed by atoms with Crippen molar-refractivity contribution >= 4 is 11.8 Å². The van der Waals surface area contributed by atoms with Crippen LogP contribution in [-0.4, -0.2) is 26.5 Å². The number of thioether (sulfide) groups is 1. The number of hydrogen-bond acceptors (Lipinski definition) is 4. The van der Waals surface area contributed by atoms with E-state index < -0.39 is 0 Å². The van der Waals surface area contributed by atoms with Gasteiger partial charge in [0.2, 0.25) is 0 Å². The van der Waals surface area contributed by atoms with Crippen LogP contribution in [0, 0.1) is 0 Å². The molecule has 2 aromatic heterocycles. The molecule has 0 aliphatic carbocycles. The van der Waals surface area contributed by atoms with Crippen molar-refractivity contribution in [3.8, 4) is 11.1 Å². The minimum Gasteiger partial charge on any atom is -0.299 e. The van der Waals surface area contributed by atoms with Gasteiger partial charge in [0.15, 0.2) is 0 Å². The van der Waals surface area contributed by atoms with Gasteiger partial charge in [0, 0.05) is 36.5 Å². The molecule has 0 radical (unpaired) electrons. The van der Waals surface area contributed by atoms with E-state index in [4.69, 9.17) is 0 Å². The van der Waals surface area contributed by atoms with E-state index in [-0.39, 0.29) is 11.2 Å². The predicted octanol–water partition coefficient (Wildman–Crippen LogP) is 0.962. The Morgan fingerprint density at radius 2 is 2.28 bits per heavy atom. The van der Waals surface area contributed by atoms with E-state index in [9.17, 15) is 9.59 Å². The molecule has 0 aliphatic rings. The molecule has 0 bridgehead atoms. The summed E-state index contributed by atoms with van der Waals surface area (Å²) in [5, 5.41) is 0. The lowest BCUT2D eigenvalue weighted by Gasteiger charge is -2.06. The number of pyridine rings is 1. The molecule has 5 nitrogen and oxygen atoms in total. The van der Waals surface area contributed by atoms with Gasteiger partial charge in [-0.3, -0.25) is 19.3 Å². The summed E-state index contributed by atoms with van der Waals surface area (Å²) in [6.07, 6.45) is 6.81. The van der Waals surface area contributed by atoms with E-state index >= 15 is 0 Å². The van der Waals surface area contributed by atoms with Gasteiger partial charge in [-0.05, 0) is 12.3 Å². The van der Waals surface area contributed by atoms with Crippen LogP contribution in [0.2, 0.25) is 0 Å². The van der Waals surface area contributed by atoms with E-state index in [0.717, 1.165) is 5.75 Å². The van der Waals surface area contributed by atoms with Crippen molar-refractivity contribution in [3.05, 3.63) is 51.6 Å². The van der Waals surface area contributed by atoms with Gasteiger partial charge in [0.25, 0.3) is 5.56 Å². The molecular weight excluding hydrogens is 250 g/mol. The molecule has 0 amide bonds. The van der Waals surface area contributed by atoms with Crippen molar-refractivity contribution in [1.29, 1.82) is 0 Å². The first-order chi connectivity index (χ1) is 8.72. The topological polar surface area (TPSA) is 67.8 Å². The van der Waals surface area contributed by atoms with Crippen LogP contribution in [0.15, 0.2) is 40.3 Å². The molecular formula is C12H13N3O2S. The van der Waals surface area contributed by atoms with Crippen LogP contribution in [0.1, 0.15) is 0 Å². The smallest absolute Gasteiger partial charge is 0.299 e. The first-order valence-electron chi connectivity index (χ1n) is 5.45. The molecule has 2 rings (SSSR count). The lowest BCUT2D eigenvalue weighted by Crippen LogP contribution is -2.31. The van der Waals surface area contributed by atoms with Gasteiger partial charge in [-0.1, -0.05) is 6.07 Å². The molecule has 0 aliphatic heterocycles. The average Bonchev–Trinajstić information content (AvgIpc) is 2.39. The Labute approximate surface area is 108 Å². The Morgan fingerprint density at radius 3 is 2.94 bits per heavy atom. The number of aromatic amines is 1. The maximum Gasteiger partial charge on any atom is 0.328 e. The first kappa shape index (κ1) is 12.6. The van der Waals surface area contributed by atoms with Crippen molar-refractivity contribution < 1.29 is 0 Å². The van der Waals surface area contributed by atoms with Crippen LogP contribution in [0.3, 0.4) is 0 Å². The number of nitrogens with zero attached hydrogens (tertiary/aromatic N) is 2. The Morgan fingerprint density at radius 1 is 1.44 bits per heavy atom. The maximum absolute atomic E-state index is 11.8. The molecule has 0 aromatic carbocycles. The molecule has 0 spiro atoms. The number of H-pyrrole nitrogens is 1. The fourth-order valence-electron chi connectivity index (χ4n) is 1.59. The lowest BCUT2D eigenvalue weighted by molar-refractivity contribution is 0.702. The molecule has 0 saturated carbocycles. The van der Waals surface area contributed by atoms with Crippen LogP contribution >= 0.6 is 11.8 Å². The number of nitrogens with one attached hydrogen (secondary N) is 1. The third-order valence-electron chi connectivity index (χ3n) is 2.52. The van der Waals surface area contributed by atoms with E-state index in [1.54, 1.807) is 42.5 Å². The molecule has 0 saturated heterocycles. The molecule has 6 heteroatoms. The fourth-order valence-corrected chi connectivity index (χ4v) is 1.97. The maximum atomic E-state index is 11.8. The van der Waals surface area contributed by atoms with Gasteiger partial charge in [-0.15, -0.1) is 0 Å². The van der Waals surface area contributed by atoms with Gasteiger partial charge in [-0.25, -0.2) is 4.79 Å². The molecule has 94 valence electrons. The third kappa shape index (κ3) is 2.70. The standard InChI is InChI=1S/C12H13N3O2S/c1-18-6-5-15-8-10(11(16)14-12(15)17)9-3-2-4-13-7-9/h2-4,7-8H,5-6H2,1H3,(H,14,16,17). The molecule has 18 heavy (non-hydrogen) atoms. The van der Waals surface area contributed by atoms with Crippen molar-refractivity contribution in [2.24, 2.45) is 0 Å². The molecule has 1 N–H and O–H groups in total. The van der Waals surface area contributed by atoms with E-state index in [2.05, 4.69) is 9.97 Å².